The highest BCUT2D eigenvalue weighted by Crippen LogP contribution is 2.29. The molecule has 1 N–H and O–H groups in total. The fourth-order valence-corrected chi connectivity index (χ4v) is 3.90. The van der Waals surface area contributed by atoms with E-state index in [0.29, 0.717) is 30.8 Å². The molecule has 2 aromatic heterocycles. The smallest absolute Gasteiger partial charge is 0.252 e. The van der Waals surface area contributed by atoms with Crippen molar-refractivity contribution in [2.75, 3.05) is 31.7 Å². The number of aryl methyl sites for hydroxylation is 1. The number of fused-ring (bicyclic) bond motifs is 1. The Morgan fingerprint density at radius 3 is 2.72 bits per heavy atom. The summed E-state index contributed by atoms with van der Waals surface area (Å²) in [5.41, 5.74) is 1.70. The van der Waals surface area contributed by atoms with E-state index < -0.39 is 0 Å². The van der Waals surface area contributed by atoms with Crippen LogP contribution in [0.4, 0.5) is 11.6 Å². The molecule has 0 radical (unpaired) electrons. The van der Waals surface area contributed by atoms with Crippen LogP contribution in [0, 0.1) is 0 Å². The van der Waals surface area contributed by atoms with Gasteiger partial charge in [-0.25, -0.2) is 4.98 Å². The van der Waals surface area contributed by atoms with E-state index in [9.17, 15) is 4.79 Å². The number of nitrogens with zero attached hydrogens (tertiary/aromatic N) is 4. The number of benzene rings is 1. The molecule has 3 heterocycles. The van der Waals surface area contributed by atoms with Crippen molar-refractivity contribution in [2.24, 2.45) is 0 Å². The lowest BCUT2D eigenvalue weighted by molar-refractivity contribution is 0.190. The van der Waals surface area contributed by atoms with Crippen molar-refractivity contribution < 1.29 is 4.74 Å². The van der Waals surface area contributed by atoms with Crippen molar-refractivity contribution in [2.45, 2.75) is 31.8 Å². The molecule has 3 aromatic rings. The Morgan fingerprint density at radius 2 is 1.97 bits per heavy atom. The molecule has 4 rings (SSSR count). The standard InChI is InChI=1S/C22H27N5O2/c1-29-15-5-14-26-20(28)9-8-17-16-24-22(25-21(17)26)27(18-6-3-2-4-7-18)19-10-12-23-13-11-19/h2-4,6-9,16,19,23H,5,10-15H2,1H3. The van der Waals surface area contributed by atoms with Gasteiger partial charge in [0.05, 0.1) is 0 Å². The SMILES string of the molecule is COCCCn1c(=O)ccc2cnc(N(c3ccccc3)C3CCNCC3)nc21. The van der Waals surface area contributed by atoms with E-state index >= 15 is 0 Å². The summed E-state index contributed by atoms with van der Waals surface area (Å²) in [7, 11) is 1.67. The summed E-state index contributed by atoms with van der Waals surface area (Å²) in [6.45, 7) is 3.12. The summed E-state index contributed by atoms with van der Waals surface area (Å²) < 4.78 is 6.88. The second-order valence-electron chi connectivity index (χ2n) is 7.31. The first-order valence-corrected chi connectivity index (χ1v) is 10.2. The summed E-state index contributed by atoms with van der Waals surface area (Å²) in [5.74, 6) is 0.640. The molecule has 1 fully saturated rings. The Balaban J connectivity index is 1.79. The molecular formula is C22H27N5O2. The predicted molar refractivity (Wildman–Crippen MR) is 115 cm³/mol. The number of hydrogen-bond acceptors (Lipinski definition) is 6. The molecule has 0 aliphatic carbocycles. The van der Waals surface area contributed by atoms with E-state index in [-0.39, 0.29) is 5.56 Å². The van der Waals surface area contributed by atoms with Crippen LogP contribution in [0.5, 0.6) is 0 Å². The Morgan fingerprint density at radius 1 is 1.17 bits per heavy atom. The monoisotopic (exact) mass is 393 g/mol. The second-order valence-corrected chi connectivity index (χ2v) is 7.31. The summed E-state index contributed by atoms with van der Waals surface area (Å²) in [6, 6.07) is 14.0. The molecule has 0 unspecified atom stereocenters. The van der Waals surface area contributed by atoms with E-state index in [1.807, 2.05) is 24.4 Å². The third-order valence-corrected chi connectivity index (χ3v) is 5.36. The highest BCUT2D eigenvalue weighted by Gasteiger charge is 2.25. The van der Waals surface area contributed by atoms with Gasteiger partial charge in [-0.2, -0.15) is 4.98 Å². The van der Waals surface area contributed by atoms with Gasteiger partial charge in [0, 0.05) is 49.6 Å². The van der Waals surface area contributed by atoms with Crippen molar-refractivity contribution in [1.29, 1.82) is 0 Å². The van der Waals surface area contributed by atoms with E-state index in [2.05, 4.69) is 27.3 Å². The number of methoxy groups -OCH3 is 1. The minimum absolute atomic E-state index is 0.0496. The molecule has 1 saturated heterocycles. The molecule has 152 valence electrons. The normalized spacial score (nSPS) is 14.9. The molecule has 0 spiro atoms. The van der Waals surface area contributed by atoms with Crippen LogP contribution in [0.1, 0.15) is 19.3 Å². The highest BCUT2D eigenvalue weighted by atomic mass is 16.5. The van der Waals surface area contributed by atoms with Crippen LogP contribution >= 0.6 is 0 Å². The van der Waals surface area contributed by atoms with Crippen molar-refractivity contribution in [3.05, 3.63) is 59.0 Å². The highest BCUT2D eigenvalue weighted by molar-refractivity contribution is 5.76. The maximum Gasteiger partial charge on any atom is 0.252 e. The van der Waals surface area contributed by atoms with Crippen LogP contribution < -0.4 is 15.8 Å². The van der Waals surface area contributed by atoms with Gasteiger partial charge in [0.2, 0.25) is 5.95 Å². The zero-order valence-electron chi connectivity index (χ0n) is 16.8. The minimum Gasteiger partial charge on any atom is -0.385 e. The largest absolute Gasteiger partial charge is 0.385 e. The van der Waals surface area contributed by atoms with Gasteiger partial charge < -0.3 is 15.0 Å². The maximum atomic E-state index is 12.5. The lowest BCUT2D eigenvalue weighted by Gasteiger charge is -2.34. The van der Waals surface area contributed by atoms with Gasteiger partial charge in [-0.3, -0.25) is 9.36 Å². The van der Waals surface area contributed by atoms with Gasteiger partial charge in [0.1, 0.15) is 5.65 Å². The third kappa shape index (κ3) is 4.31. The zero-order valence-corrected chi connectivity index (χ0v) is 16.8. The van der Waals surface area contributed by atoms with Gasteiger partial charge in [0.15, 0.2) is 0 Å². The molecular weight excluding hydrogens is 366 g/mol. The van der Waals surface area contributed by atoms with Gasteiger partial charge in [-0.15, -0.1) is 0 Å². The van der Waals surface area contributed by atoms with Gasteiger partial charge >= 0.3 is 0 Å². The molecule has 0 amide bonds. The van der Waals surface area contributed by atoms with Crippen molar-refractivity contribution in [3.8, 4) is 0 Å². The molecule has 29 heavy (non-hydrogen) atoms. The second kappa shape index (κ2) is 9.15. The maximum absolute atomic E-state index is 12.5. The predicted octanol–water partition coefficient (Wildman–Crippen LogP) is 2.72. The number of anilines is 2. The lowest BCUT2D eigenvalue weighted by atomic mass is 10.0. The van der Waals surface area contributed by atoms with Gasteiger partial charge in [-0.1, -0.05) is 18.2 Å². The quantitative estimate of drug-likeness (QED) is 0.623. The molecule has 7 heteroatoms. The first kappa shape index (κ1) is 19.5. The van der Waals surface area contributed by atoms with Crippen LogP contribution in [-0.4, -0.2) is 47.4 Å². The minimum atomic E-state index is -0.0496. The average Bonchev–Trinajstić information content (AvgIpc) is 2.77. The fraction of sp³-hybridized carbons (Fsp3) is 0.409. The van der Waals surface area contributed by atoms with E-state index in [0.717, 1.165) is 43.4 Å². The summed E-state index contributed by atoms with van der Waals surface area (Å²) >= 11 is 0. The molecule has 1 aliphatic heterocycles. The van der Waals surface area contributed by atoms with Crippen molar-refractivity contribution >= 4 is 22.7 Å². The lowest BCUT2D eigenvalue weighted by Crippen LogP contribution is -2.41. The number of ether oxygens (including phenoxy) is 1. The molecule has 0 bridgehead atoms. The van der Waals surface area contributed by atoms with Crippen molar-refractivity contribution in [3.63, 3.8) is 0 Å². The van der Waals surface area contributed by atoms with E-state index in [1.54, 1.807) is 23.8 Å². The fourth-order valence-electron chi connectivity index (χ4n) is 3.90. The third-order valence-electron chi connectivity index (χ3n) is 5.36. The Kier molecular flexibility index (Phi) is 6.17. The molecule has 1 aromatic carbocycles. The van der Waals surface area contributed by atoms with E-state index in [4.69, 9.17) is 9.72 Å². The van der Waals surface area contributed by atoms with Crippen LogP contribution in [0.2, 0.25) is 0 Å². The zero-order chi connectivity index (χ0) is 20.1. The topological polar surface area (TPSA) is 72.3 Å². The average molecular weight is 393 g/mol. The number of piperidine rings is 1. The molecule has 7 nitrogen and oxygen atoms in total. The van der Waals surface area contributed by atoms with Crippen LogP contribution in [0.15, 0.2) is 53.5 Å². The summed E-state index contributed by atoms with van der Waals surface area (Å²) in [4.78, 5) is 24.3. The van der Waals surface area contributed by atoms with Crippen molar-refractivity contribution in [1.82, 2.24) is 19.9 Å². The number of aromatic nitrogens is 3. The van der Waals surface area contributed by atoms with Crippen LogP contribution in [0.3, 0.4) is 0 Å². The number of pyridine rings is 1. The molecule has 0 atom stereocenters. The molecule has 1 aliphatic rings. The Bertz CT molecular complexity index is 999. The molecule has 0 saturated carbocycles. The van der Waals surface area contributed by atoms with E-state index in [1.165, 1.54) is 0 Å². The number of nitrogens with one attached hydrogen (secondary N) is 1. The first-order chi connectivity index (χ1) is 14.3. The van der Waals surface area contributed by atoms with Gasteiger partial charge in [-0.05, 0) is 50.6 Å². The number of rotatable bonds is 7. The Labute approximate surface area is 170 Å². The first-order valence-electron chi connectivity index (χ1n) is 10.2. The van der Waals surface area contributed by atoms with Crippen LogP contribution in [-0.2, 0) is 11.3 Å². The number of hydrogen-bond donors (Lipinski definition) is 1. The summed E-state index contributed by atoms with van der Waals surface area (Å²) in [5, 5.41) is 4.29. The number of para-hydroxylation sites is 1. The van der Waals surface area contributed by atoms with Gasteiger partial charge in [0.25, 0.3) is 5.56 Å². The Hall–Kier alpha value is -2.77. The summed E-state index contributed by atoms with van der Waals surface area (Å²) in [6.07, 6.45) is 4.62. The van der Waals surface area contributed by atoms with Crippen LogP contribution in [0.25, 0.3) is 11.0 Å².